The van der Waals surface area contributed by atoms with Gasteiger partial charge < -0.3 is 14.7 Å². The lowest BCUT2D eigenvalue weighted by Crippen LogP contribution is -2.46. The predicted molar refractivity (Wildman–Crippen MR) is 83.5 cm³/mol. The molecule has 1 aliphatic carbocycles. The Kier molecular flexibility index (Phi) is 6.24. The van der Waals surface area contributed by atoms with Crippen molar-refractivity contribution in [3.63, 3.8) is 0 Å². The van der Waals surface area contributed by atoms with E-state index < -0.39 is 5.97 Å². The molecular formula is C17H29NO4. The summed E-state index contributed by atoms with van der Waals surface area (Å²) in [6.07, 6.45) is 6.16. The highest BCUT2D eigenvalue weighted by atomic mass is 16.5. The summed E-state index contributed by atoms with van der Waals surface area (Å²) in [6.45, 7) is 5.31. The van der Waals surface area contributed by atoms with Gasteiger partial charge in [0.25, 0.3) is 5.91 Å². The van der Waals surface area contributed by atoms with Gasteiger partial charge in [0.15, 0.2) is 0 Å². The zero-order valence-electron chi connectivity index (χ0n) is 13.8. The number of piperidine rings is 1. The summed E-state index contributed by atoms with van der Waals surface area (Å²) >= 11 is 0. The van der Waals surface area contributed by atoms with E-state index in [2.05, 4.69) is 6.92 Å². The molecule has 0 radical (unpaired) electrons. The molecule has 3 atom stereocenters. The average Bonchev–Trinajstić information content (AvgIpc) is 2.52. The van der Waals surface area contributed by atoms with Gasteiger partial charge >= 0.3 is 5.97 Å². The zero-order valence-corrected chi connectivity index (χ0v) is 13.8. The second kappa shape index (κ2) is 7.95. The first-order valence-electron chi connectivity index (χ1n) is 8.68. The molecule has 2 fully saturated rings. The Morgan fingerprint density at radius 2 is 1.91 bits per heavy atom. The number of amides is 1. The van der Waals surface area contributed by atoms with Crippen LogP contribution in [0.4, 0.5) is 0 Å². The van der Waals surface area contributed by atoms with E-state index in [1.54, 1.807) is 4.90 Å². The van der Waals surface area contributed by atoms with E-state index in [1.165, 1.54) is 12.8 Å². The number of carboxylic acids is 1. The largest absolute Gasteiger partial charge is 0.481 e. The first-order valence-corrected chi connectivity index (χ1v) is 8.68. The van der Waals surface area contributed by atoms with Crippen LogP contribution in [-0.2, 0) is 14.3 Å². The highest BCUT2D eigenvalue weighted by molar-refractivity contribution is 5.81. The lowest BCUT2D eigenvalue weighted by molar-refractivity contribution is -0.154. The number of aliphatic carboxylic acids is 1. The third-order valence-corrected chi connectivity index (χ3v) is 5.05. The molecule has 5 nitrogen and oxygen atoms in total. The third-order valence-electron chi connectivity index (χ3n) is 5.05. The Labute approximate surface area is 133 Å². The maximum absolute atomic E-state index is 12.6. The summed E-state index contributed by atoms with van der Waals surface area (Å²) in [7, 11) is 0. The number of likely N-dealkylation sites (tertiary alicyclic amines) is 1. The predicted octanol–water partition coefficient (Wildman–Crippen LogP) is 2.68. The molecule has 2 aliphatic rings. The van der Waals surface area contributed by atoms with Crippen molar-refractivity contribution in [3.05, 3.63) is 0 Å². The molecule has 0 aromatic carbocycles. The van der Waals surface area contributed by atoms with Crippen LogP contribution in [0.15, 0.2) is 0 Å². The van der Waals surface area contributed by atoms with Crippen LogP contribution in [0, 0.1) is 11.8 Å². The van der Waals surface area contributed by atoms with Crippen molar-refractivity contribution in [2.75, 3.05) is 13.1 Å². The fourth-order valence-corrected chi connectivity index (χ4v) is 3.61. The quantitative estimate of drug-likeness (QED) is 0.847. The van der Waals surface area contributed by atoms with Crippen LogP contribution in [0.1, 0.15) is 58.8 Å². The first kappa shape index (κ1) is 17.3. The van der Waals surface area contributed by atoms with E-state index in [0.717, 1.165) is 12.8 Å². The molecule has 2 rings (SSSR count). The van der Waals surface area contributed by atoms with Crippen molar-refractivity contribution in [1.82, 2.24) is 4.90 Å². The minimum atomic E-state index is -0.744. The van der Waals surface area contributed by atoms with Crippen LogP contribution in [0.2, 0.25) is 0 Å². The second-order valence-corrected chi connectivity index (χ2v) is 6.86. The van der Waals surface area contributed by atoms with Crippen LogP contribution >= 0.6 is 0 Å². The molecule has 1 aliphatic heterocycles. The van der Waals surface area contributed by atoms with E-state index >= 15 is 0 Å². The standard InChI is InChI=1S/C17H29NO4/c1-3-15(22-14-6-4-5-12(2)11-14)16(19)18-9-7-13(8-10-18)17(20)21/h12-15H,3-11H2,1-2H3,(H,20,21)/t12-,14-,15+/m1/s1. The Morgan fingerprint density at radius 1 is 1.23 bits per heavy atom. The van der Waals surface area contributed by atoms with Crippen molar-refractivity contribution in [2.24, 2.45) is 11.8 Å². The monoisotopic (exact) mass is 311 g/mol. The molecule has 0 bridgehead atoms. The van der Waals surface area contributed by atoms with Gasteiger partial charge in [-0.25, -0.2) is 0 Å². The molecule has 1 amide bonds. The SMILES string of the molecule is CC[C@H](O[C@@H]1CCC[C@@H](C)C1)C(=O)N1CCC(C(=O)O)CC1. The first-order chi connectivity index (χ1) is 10.5. The third kappa shape index (κ3) is 4.45. The smallest absolute Gasteiger partial charge is 0.306 e. The lowest BCUT2D eigenvalue weighted by atomic mass is 9.88. The average molecular weight is 311 g/mol. The van der Waals surface area contributed by atoms with E-state index in [0.29, 0.717) is 38.3 Å². The topological polar surface area (TPSA) is 66.8 Å². The van der Waals surface area contributed by atoms with E-state index in [-0.39, 0.29) is 24.0 Å². The van der Waals surface area contributed by atoms with Gasteiger partial charge in [-0.2, -0.15) is 0 Å². The molecule has 22 heavy (non-hydrogen) atoms. The normalized spacial score (nSPS) is 28.4. The molecule has 1 saturated carbocycles. The molecule has 5 heteroatoms. The summed E-state index contributed by atoms with van der Waals surface area (Å²) in [4.78, 5) is 25.4. The number of carbonyl (C=O) groups is 2. The van der Waals surface area contributed by atoms with Gasteiger partial charge in [-0.3, -0.25) is 9.59 Å². The van der Waals surface area contributed by atoms with Gasteiger partial charge in [0.2, 0.25) is 0 Å². The van der Waals surface area contributed by atoms with Crippen LogP contribution in [0.3, 0.4) is 0 Å². The number of hydrogen-bond acceptors (Lipinski definition) is 3. The van der Waals surface area contributed by atoms with Gasteiger partial charge in [0.05, 0.1) is 12.0 Å². The van der Waals surface area contributed by atoms with Crippen LogP contribution in [0.5, 0.6) is 0 Å². The highest BCUT2D eigenvalue weighted by Gasteiger charge is 2.32. The van der Waals surface area contributed by atoms with Crippen molar-refractivity contribution in [3.8, 4) is 0 Å². The molecule has 1 N–H and O–H groups in total. The molecule has 1 saturated heterocycles. The number of carbonyl (C=O) groups excluding carboxylic acids is 1. The molecule has 126 valence electrons. The van der Waals surface area contributed by atoms with Gasteiger partial charge in [0, 0.05) is 13.1 Å². The Bertz CT molecular complexity index is 390. The fourth-order valence-electron chi connectivity index (χ4n) is 3.61. The van der Waals surface area contributed by atoms with Gasteiger partial charge in [-0.1, -0.05) is 26.7 Å². The van der Waals surface area contributed by atoms with Crippen LogP contribution in [0.25, 0.3) is 0 Å². The minimum Gasteiger partial charge on any atom is -0.481 e. The van der Waals surface area contributed by atoms with Crippen molar-refractivity contribution in [1.29, 1.82) is 0 Å². The van der Waals surface area contributed by atoms with Crippen LogP contribution < -0.4 is 0 Å². The minimum absolute atomic E-state index is 0.0459. The summed E-state index contributed by atoms with van der Waals surface area (Å²) in [5, 5.41) is 9.03. The van der Waals surface area contributed by atoms with E-state index in [9.17, 15) is 9.59 Å². The van der Waals surface area contributed by atoms with Crippen molar-refractivity contribution in [2.45, 2.75) is 71.0 Å². The molecule has 0 aromatic rings. The van der Waals surface area contributed by atoms with Crippen molar-refractivity contribution < 1.29 is 19.4 Å². The molecule has 0 unspecified atom stereocenters. The molecule has 1 heterocycles. The van der Waals surface area contributed by atoms with Gasteiger partial charge in [-0.05, 0) is 38.0 Å². The molecule has 0 spiro atoms. The number of rotatable bonds is 5. The van der Waals surface area contributed by atoms with Gasteiger partial charge in [-0.15, -0.1) is 0 Å². The Hall–Kier alpha value is -1.10. The lowest BCUT2D eigenvalue weighted by Gasteiger charge is -2.35. The van der Waals surface area contributed by atoms with Crippen LogP contribution in [-0.4, -0.2) is 47.2 Å². The number of ether oxygens (including phenoxy) is 1. The van der Waals surface area contributed by atoms with Crippen molar-refractivity contribution >= 4 is 11.9 Å². The summed E-state index contributed by atoms with van der Waals surface area (Å²) in [6, 6.07) is 0. The molecule has 0 aromatic heterocycles. The number of carboxylic acid groups (broad SMARTS) is 1. The maximum Gasteiger partial charge on any atom is 0.306 e. The maximum atomic E-state index is 12.6. The summed E-state index contributed by atoms with van der Waals surface area (Å²) in [5.41, 5.74) is 0. The second-order valence-electron chi connectivity index (χ2n) is 6.86. The highest BCUT2D eigenvalue weighted by Crippen LogP contribution is 2.27. The van der Waals surface area contributed by atoms with E-state index in [4.69, 9.17) is 9.84 Å². The number of hydrogen-bond donors (Lipinski definition) is 1. The molecular weight excluding hydrogens is 282 g/mol. The fraction of sp³-hybridized carbons (Fsp3) is 0.882. The number of nitrogens with zero attached hydrogens (tertiary/aromatic N) is 1. The zero-order chi connectivity index (χ0) is 16.1. The summed E-state index contributed by atoms with van der Waals surface area (Å²) < 4.78 is 6.09. The van der Waals surface area contributed by atoms with E-state index in [1.807, 2.05) is 6.92 Å². The Morgan fingerprint density at radius 3 is 2.45 bits per heavy atom. The summed E-state index contributed by atoms with van der Waals surface area (Å²) in [5.74, 6) is -0.321. The Balaban J connectivity index is 1.85. The van der Waals surface area contributed by atoms with Gasteiger partial charge in [0.1, 0.15) is 6.10 Å².